The Morgan fingerprint density at radius 3 is 2.57 bits per heavy atom. The number of aliphatic imine (C=N–C) groups is 1. The van der Waals surface area contributed by atoms with Crippen LogP contribution in [0.15, 0.2) is 46.7 Å². The van der Waals surface area contributed by atoms with E-state index in [4.69, 9.17) is 9.84 Å². The first-order valence-corrected chi connectivity index (χ1v) is 14.0. The Kier molecular flexibility index (Phi) is 12.5. The van der Waals surface area contributed by atoms with Gasteiger partial charge in [0.2, 0.25) is 6.41 Å². The number of hydrogen-bond acceptors (Lipinski definition) is 9. The zero-order chi connectivity index (χ0) is 30.5. The molecule has 0 saturated heterocycles. The van der Waals surface area contributed by atoms with Crippen molar-refractivity contribution in [3.8, 4) is 28.7 Å². The van der Waals surface area contributed by atoms with Gasteiger partial charge in [-0.25, -0.2) is 23.7 Å². The number of aromatic nitrogens is 3. The largest absolute Gasteiger partial charge is 0.494 e. The van der Waals surface area contributed by atoms with Crippen LogP contribution < -0.4 is 10.1 Å². The Balaban J connectivity index is 0.000000730. The van der Waals surface area contributed by atoms with E-state index in [1.165, 1.54) is 25.6 Å². The Morgan fingerprint density at radius 2 is 1.98 bits per heavy atom. The molecule has 0 atom stereocenters. The lowest BCUT2D eigenvalue weighted by molar-refractivity contribution is -0.109. The van der Waals surface area contributed by atoms with Crippen molar-refractivity contribution in [2.45, 2.75) is 44.1 Å². The van der Waals surface area contributed by atoms with Crippen molar-refractivity contribution >= 4 is 35.8 Å². The molecule has 1 aromatic carbocycles. The molecule has 42 heavy (non-hydrogen) atoms. The van der Waals surface area contributed by atoms with Crippen LogP contribution in [0.2, 0.25) is 0 Å². The number of benzene rings is 1. The van der Waals surface area contributed by atoms with Crippen molar-refractivity contribution < 1.29 is 28.2 Å². The highest BCUT2D eigenvalue weighted by Crippen LogP contribution is 2.36. The molecule has 0 aliphatic heterocycles. The minimum atomic E-state index is -2.72. The maximum atomic E-state index is 13.4. The minimum absolute atomic E-state index is 0.0126. The van der Waals surface area contributed by atoms with Gasteiger partial charge in [-0.1, -0.05) is 38.0 Å². The summed E-state index contributed by atoms with van der Waals surface area (Å²) in [5.74, 6) is 7.37. The normalized spacial score (nSPS) is 12.4. The topological polar surface area (TPSA) is 127 Å². The van der Waals surface area contributed by atoms with Crippen LogP contribution in [0.4, 0.5) is 14.6 Å². The highest BCUT2D eigenvalue weighted by molar-refractivity contribution is 8.11. The number of carbonyl (C=O) groups excluding carboxylic acids is 2. The molecular weight excluding hydrogens is 564 g/mol. The van der Waals surface area contributed by atoms with Gasteiger partial charge in [0.25, 0.3) is 6.43 Å². The summed E-state index contributed by atoms with van der Waals surface area (Å²) in [5.41, 5.74) is 3.62. The second-order valence-corrected chi connectivity index (χ2v) is 10.1. The molecule has 12 heteroatoms. The highest BCUT2D eigenvalue weighted by atomic mass is 32.2. The van der Waals surface area contributed by atoms with Crippen molar-refractivity contribution in [2.75, 3.05) is 20.3 Å². The molecule has 0 radical (unpaired) electrons. The standard InChI is InChI=1S/C27H24F2N4O2S.C3H7NO2/c1-16(2)18-7-8-19(21(10-18)22-11-23(25(28)29)30-14-24(22)35-3)12-31-26-27(36-15-34)33-20(13-32-26)9-6-17-4-5-17;5-2-1-4-3-6/h7-8,10-17,25H,4-5H2,1-3H3;3,5H,1-2H2,(H,4,6). The van der Waals surface area contributed by atoms with Gasteiger partial charge in [0, 0.05) is 29.8 Å². The number of hydrogen-bond donors (Lipinski definition) is 2. The van der Waals surface area contributed by atoms with Gasteiger partial charge in [-0.05, 0) is 53.6 Å². The van der Waals surface area contributed by atoms with Crippen LogP contribution in [0, 0.1) is 17.8 Å². The number of thioether (sulfide) groups is 1. The predicted molar refractivity (Wildman–Crippen MR) is 158 cm³/mol. The van der Waals surface area contributed by atoms with Gasteiger partial charge >= 0.3 is 0 Å². The van der Waals surface area contributed by atoms with E-state index in [0.717, 1.165) is 30.2 Å². The zero-order valence-electron chi connectivity index (χ0n) is 23.4. The fourth-order valence-electron chi connectivity index (χ4n) is 3.53. The van der Waals surface area contributed by atoms with Crippen molar-refractivity contribution in [2.24, 2.45) is 10.9 Å². The van der Waals surface area contributed by atoms with Gasteiger partial charge in [-0.15, -0.1) is 0 Å². The fraction of sp³-hybridized carbons (Fsp3) is 0.333. The molecule has 4 rings (SSSR count). The van der Waals surface area contributed by atoms with E-state index in [1.54, 1.807) is 6.21 Å². The second kappa shape index (κ2) is 16.3. The lowest BCUT2D eigenvalue weighted by Crippen LogP contribution is -2.14. The van der Waals surface area contributed by atoms with Gasteiger partial charge < -0.3 is 15.2 Å². The Morgan fingerprint density at radius 1 is 1.19 bits per heavy atom. The Bertz CT molecular complexity index is 1470. The van der Waals surface area contributed by atoms with E-state index in [0.29, 0.717) is 57.7 Å². The molecule has 0 unspecified atom stereocenters. The molecule has 2 N–H and O–H groups in total. The third-order valence-corrected chi connectivity index (χ3v) is 6.49. The molecule has 9 nitrogen and oxygen atoms in total. The van der Waals surface area contributed by atoms with Crippen LogP contribution in [-0.2, 0) is 9.59 Å². The summed E-state index contributed by atoms with van der Waals surface area (Å²) in [6.07, 6.45) is 4.42. The first-order valence-electron chi connectivity index (χ1n) is 13.1. The molecule has 1 amide bonds. The van der Waals surface area contributed by atoms with Gasteiger partial charge in [0.15, 0.2) is 11.4 Å². The fourth-order valence-corrected chi connectivity index (χ4v) is 3.98. The third-order valence-electron chi connectivity index (χ3n) is 5.90. The molecule has 220 valence electrons. The van der Waals surface area contributed by atoms with Crippen molar-refractivity contribution in [1.82, 2.24) is 20.3 Å². The second-order valence-electron chi connectivity index (χ2n) is 9.31. The molecule has 0 bridgehead atoms. The van der Waals surface area contributed by atoms with Gasteiger partial charge in [-0.3, -0.25) is 14.6 Å². The van der Waals surface area contributed by atoms with Gasteiger partial charge in [0.05, 0.1) is 26.1 Å². The number of nitrogens with zero attached hydrogens (tertiary/aromatic N) is 4. The van der Waals surface area contributed by atoms with Crippen LogP contribution in [0.3, 0.4) is 0 Å². The van der Waals surface area contributed by atoms with Crippen molar-refractivity contribution in [3.05, 3.63) is 59.2 Å². The lowest BCUT2D eigenvalue weighted by atomic mass is 9.93. The monoisotopic (exact) mass is 595 g/mol. The van der Waals surface area contributed by atoms with Crippen LogP contribution in [0.5, 0.6) is 5.75 Å². The molecule has 1 fully saturated rings. The Labute approximate surface area is 247 Å². The quantitative estimate of drug-likeness (QED) is 0.103. The smallest absolute Gasteiger partial charge is 0.280 e. The van der Waals surface area contributed by atoms with Crippen LogP contribution in [0.1, 0.15) is 61.5 Å². The number of ether oxygens (including phenoxy) is 1. The maximum Gasteiger partial charge on any atom is 0.280 e. The van der Waals surface area contributed by atoms with Crippen molar-refractivity contribution in [3.63, 3.8) is 0 Å². The third kappa shape index (κ3) is 9.43. The van der Waals surface area contributed by atoms with E-state index in [2.05, 4.69) is 37.1 Å². The number of carbonyl (C=O) groups is 2. The van der Waals surface area contributed by atoms with E-state index in [9.17, 15) is 18.4 Å². The number of halogens is 2. The van der Waals surface area contributed by atoms with E-state index < -0.39 is 6.43 Å². The average molecular weight is 596 g/mol. The van der Waals surface area contributed by atoms with E-state index in [1.807, 2.05) is 32.0 Å². The molecule has 2 aromatic heterocycles. The zero-order valence-corrected chi connectivity index (χ0v) is 24.2. The van der Waals surface area contributed by atoms with Crippen molar-refractivity contribution in [1.29, 1.82) is 0 Å². The van der Waals surface area contributed by atoms with Crippen LogP contribution in [0.25, 0.3) is 11.1 Å². The van der Waals surface area contributed by atoms with Gasteiger partial charge in [-0.2, -0.15) is 0 Å². The number of nitrogens with one attached hydrogen (secondary N) is 1. The number of aliphatic hydroxyl groups is 1. The lowest BCUT2D eigenvalue weighted by Gasteiger charge is -2.15. The highest BCUT2D eigenvalue weighted by Gasteiger charge is 2.19. The molecular formula is C30H31F2N5O4S. The SMILES string of the molecule is COc1cnc(C(F)F)cc1-c1cc(C(C)C)ccc1C=Nc1ncc(C#CC2CC2)nc1SC=O.O=CNCCO. The van der Waals surface area contributed by atoms with E-state index in [-0.39, 0.29) is 24.0 Å². The van der Waals surface area contributed by atoms with Gasteiger partial charge in [0.1, 0.15) is 22.2 Å². The summed E-state index contributed by atoms with van der Waals surface area (Å²) in [5, 5.41) is 10.6. The summed E-state index contributed by atoms with van der Waals surface area (Å²) in [7, 11) is 1.47. The van der Waals surface area contributed by atoms with Crippen LogP contribution in [-0.4, -0.2) is 58.6 Å². The predicted octanol–water partition coefficient (Wildman–Crippen LogP) is 5.13. The molecule has 2 heterocycles. The maximum absolute atomic E-state index is 13.4. The minimum Gasteiger partial charge on any atom is -0.494 e. The summed E-state index contributed by atoms with van der Waals surface area (Å²) in [6, 6.07) is 7.09. The van der Waals surface area contributed by atoms with Crippen LogP contribution >= 0.6 is 11.8 Å². The summed E-state index contributed by atoms with van der Waals surface area (Å²) in [4.78, 5) is 37.6. The van der Waals surface area contributed by atoms with E-state index >= 15 is 0 Å². The molecule has 1 saturated carbocycles. The first kappa shape index (κ1) is 32.3. The molecule has 3 aromatic rings. The first-order chi connectivity index (χ1) is 20.3. The summed E-state index contributed by atoms with van der Waals surface area (Å²) in [6.45, 7) is 4.46. The number of rotatable bonds is 11. The molecule has 0 spiro atoms. The number of alkyl halides is 2. The number of methoxy groups -OCH3 is 1. The number of aliphatic hydroxyl groups excluding tert-OH is 1. The Hall–Kier alpha value is -4.21. The number of amides is 1. The molecule has 1 aliphatic rings. The number of pyridine rings is 1. The summed E-state index contributed by atoms with van der Waals surface area (Å²) < 4.78 is 32.3. The summed E-state index contributed by atoms with van der Waals surface area (Å²) >= 11 is 0.872. The molecule has 1 aliphatic carbocycles. The average Bonchev–Trinajstić information content (AvgIpc) is 3.83.